The third kappa shape index (κ3) is 49.2. The number of rotatable bonds is 45. The number of unbranched alkanes of at least 4 members (excludes halogenated alkanes) is 16. The van der Waals surface area contributed by atoms with Crippen LogP contribution < -0.4 is 0 Å². The van der Waals surface area contributed by atoms with E-state index in [4.69, 9.17) is 14.2 Å². The fraction of sp³-hybridized carbons (Fsp3) is 0.649. The second-order valence-electron chi connectivity index (χ2n) is 16.3. The van der Waals surface area contributed by atoms with Gasteiger partial charge < -0.3 is 14.2 Å². The molecule has 0 aliphatic carbocycles. The first-order chi connectivity index (χ1) is 30.6. The molecule has 0 saturated heterocycles. The summed E-state index contributed by atoms with van der Waals surface area (Å²) in [6.07, 6.45) is 70.9. The molecule has 0 aliphatic heterocycles. The van der Waals surface area contributed by atoms with Gasteiger partial charge in [0.15, 0.2) is 6.10 Å². The Morgan fingerprint density at radius 2 is 0.677 bits per heavy atom. The maximum absolute atomic E-state index is 12.8. The summed E-state index contributed by atoms with van der Waals surface area (Å²) in [6.45, 7) is 7.42. The quantitative estimate of drug-likeness (QED) is 0.0347. The maximum Gasteiger partial charge on any atom is 0.306 e. The molecule has 0 heterocycles. The summed E-state index contributed by atoms with van der Waals surface area (Å²) in [5.74, 6) is -0.450. The van der Waals surface area contributed by atoms with Gasteiger partial charge in [-0.15, -0.1) is 0 Å². The summed E-state index contributed by atoms with van der Waals surface area (Å²) in [7, 11) is 0. The molecule has 5 heteroatoms. The topological polar surface area (TPSA) is 61.8 Å². The van der Waals surface area contributed by atoms with Crippen molar-refractivity contribution in [2.24, 2.45) is 0 Å². The average molecular weight is 859 g/mol. The Morgan fingerprint density at radius 3 is 1.08 bits per heavy atom. The molecule has 352 valence electrons. The molecule has 0 N–H and O–H groups in total. The first-order valence-corrected chi connectivity index (χ1v) is 25.4. The van der Waals surface area contributed by atoms with Crippen molar-refractivity contribution in [2.75, 3.05) is 19.8 Å². The van der Waals surface area contributed by atoms with Crippen LogP contribution in [0.25, 0.3) is 0 Å². The van der Waals surface area contributed by atoms with E-state index in [9.17, 15) is 9.59 Å². The van der Waals surface area contributed by atoms with Crippen LogP contribution in [0.2, 0.25) is 0 Å². The summed E-state index contributed by atoms with van der Waals surface area (Å²) in [5.41, 5.74) is 0. The molecule has 0 saturated carbocycles. The van der Waals surface area contributed by atoms with Gasteiger partial charge in [0, 0.05) is 19.4 Å². The molecule has 1 unspecified atom stereocenters. The molecule has 0 fully saturated rings. The van der Waals surface area contributed by atoms with Crippen LogP contribution in [0.3, 0.4) is 0 Å². The van der Waals surface area contributed by atoms with Crippen LogP contribution in [0.15, 0.2) is 109 Å². The van der Waals surface area contributed by atoms with Crippen LogP contribution >= 0.6 is 0 Å². The lowest BCUT2D eigenvalue weighted by molar-refractivity contribution is -0.163. The van der Waals surface area contributed by atoms with Gasteiger partial charge in [-0.3, -0.25) is 9.59 Å². The monoisotopic (exact) mass is 859 g/mol. The zero-order valence-corrected chi connectivity index (χ0v) is 40.3. The Balaban J connectivity index is 4.38. The molecule has 0 aromatic heterocycles. The van der Waals surface area contributed by atoms with Crippen molar-refractivity contribution >= 4 is 11.9 Å². The second kappa shape index (κ2) is 51.9. The number of hydrogen-bond acceptors (Lipinski definition) is 5. The van der Waals surface area contributed by atoms with Crippen LogP contribution in [0.5, 0.6) is 0 Å². The van der Waals surface area contributed by atoms with Crippen LogP contribution in [0, 0.1) is 0 Å². The molecule has 0 aromatic rings. The van der Waals surface area contributed by atoms with Gasteiger partial charge in [-0.05, 0) is 116 Å². The molecule has 0 aromatic carbocycles. The predicted molar refractivity (Wildman–Crippen MR) is 269 cm³/mol. The number of carbonyl (C=O) groups excluding carboxylic acids is 2. The third-order valence-corrected chi connectivity index (χ3v) is 10.3. The van der Waals surface area contributed by atoms with Gasteiger partial charge in [-0.1, -0.05) is 194 Å². The Kier molecular flexibility index (Phi) is 49.0. The van der Waals surface area contributed by atoms with E-state index in [0.717, 1.165) is 128 Å². The highest BCUT2D eigenvalue weighted by Gasteiger charge is 2.17. The Labute approximate surface area is 383 Å². The second-order valence-corrected chi connectivity index (χ2v) is 16.3. The van der Waals surface area contributed by atoms with E-state index in [0.29, 0.717) is 19.4 Å². The molecule has 0 amide bonds. The molecule has 0 radical (unpaired) electrons. The molecule has 0 bridgehead atoms. The van der Waals surface area contributed by atoms with Crippen molar-refractivity contribution in [3.8, 4) is 0 Å². The van der Waals surface area contributed by atoms with Crippen molar-refractivity contribution in [2.45, 2.75) is 219 Å². The third-order valence-electron chi connectivity index (χ3n) is 10.3. The minimum absolute atomic E-state index is 0.0573. The minimum Gasteiger partial charge on any atom is -0.462 e. The highest BCUT2D eigenvalue weighted by atomic mass is 16.6. The van der Waals surface area contributed by atoms with Crippen LogP contribution in [-0.4, -0.2) is 37.9 Å². The molecule has 0 aliphatic rings. The predicted octanol–water partition coefficient (Wildman–Crippen LogP) is 17.2. The number of allylic oxidation sites excluding steroid dienone is 18. The van der Waals surface area contributed by atoms with Gasteiger partial charge in [0.2, 0.25) is 0 Å². The van der Waals surface area contributed by atoms with Gasteiger partial charge in [-0.2, -0.15) is 0 Å². The van der Waals surface area contributed by atoms with Gasteiger partial charge >= 0.3 is 11.9 Å². The highest BCUT2D eigenvalue weighted by molar-refractivity contribution is 5.70. The fourth-order valence-electron chi connectivity index (χ4n) is 6.61. The van der Waals surface area contributed by atoms with E-state index in [-0.39, 0.29) is 25.2 Å². The van der Waals surface area contributed by atoms with E-state index < -0.39 is 6.10 Å². The van der Waals surface area contributed by atoms with Crippen molar-refractivity contribution in [3.63, 3.8) is 0 Å². The Morgan fingerprint density at radius 1 is 0.355 bits per heavy atom. The molecular formula is C57H94O5. The normalized spacial score (nSPS) is 13.1. The molecular weight excluding hydrogens is 765 g/mol. The lowest BCUT2D eigenvalue weighted by Crippen LogP contribution is -2.30. The van der Waals surface area contributed by atoms with E-state index in [1.54, 1.807) is 0 Å². The Bertz CT molecular complexity index is 1250. The van der Waals surface area contributed by atoms with Crippen molar-refractivity contribution in [1.29, 1.82) is 0 Å². The van der Waals surface area contributed by atoms with Gasteiger partial charge in [0.25, 0.3) is 0 Å². The average Bonchev–Trinajstić information content (AvgIpc) is 3.27. The van der Waals surface area contributed by atoms with Gasteiger partial charge in [0.05, 0.1) is 6.61 Å². The first kappa shape index (κ1) is 58.6. The first-order valence-electron chi connectivity index (χ1n) is 25.4. The van der Waals surface area contributed by atoms with E-state index in [2.05, 4.69) is 130 Å². The van der Waals surface area contributed by atoms with Crippen molar-refractivity contribution < 1.29 is 23.8 Å². The lowest BCUT2D eigenvalue weighted by Gasteiger charge is -2.18. The summed E-state index contributed by atoms with van der Waals surface area (Å²) in [4.78, 5) is 25.4. The molecule has 0 spiro atoms. The zero-order chi connectivity index (χ0) is 44.9. The number of hydrogen-bond donors (Lipinski definition) is 0. The molecule has 62 heavy (non-hydrogen) atoms. The SMILES string of the molecule is CC/C=C\C/C=C\C/C=C\CCCCCCCCOCC(COC(=O)CCCCCCC/C=C\C/C=C\C/C=C\CC)OC(=O)CCCCCCC/C=C\C/C=C\C/C=C\CC. The van der Waals surface area contributed by atoms with E-state index in [1.165, 1.54) is 51.4 Å². The Hall–Kier alpha value is -3.44. The van der Waals surface area contributed by atoms with Crippen LogP contribution in [-0.2, 0) is 23.8 Å². The fourth-order valence-corrected chi connectivity index (χ4v) is 6.61. The largest absolute Gasteiger partial charge is 0.462 e. The van der Waals surface area contributed by atoms with Crippen LogP contribution in [0.4, 0.5) is 0 Å². The van der Waals surface area contributed by atoms with E-state index in [1.807, 2.05) is 0 Å². The number of ether oxygens (including phenoxy) is 3. The minimum atomic E-state index is -0.566. The maximum atomic E-state index is 12.8. The van der Waals surface area contributed by atoms with Crippen molar-refractivity contribution in [1.82, 2.24) is 0 Å². The molecule has 5 nitrogen and oxygen atoms in total. The van der Waals surface area contributed by atoms with Gasteiger partial charge in [0.1, 0.15) is 6.61 Å². The molecule has 0 rings (SSSR count). The summed E-state index contributed by atoms with van der Waals surface area (Å²) in [5, 5.41) is 0. The van der Waals surface area contributed by atoms with E-state index >= 15 is 0 Å². The number of carbonyl (C=O) groups is 2. The molecule has 1 atom stereocenters. The zero-order valence-electron chi connectivity index (χ0n) is 40.3. The smallest absolute Gasteiger partial charge is 0.306 e. The standard InChI is InChI=1S/C57H94O5/c1-4-7-10-13-16-19-22-25-28-31-34-37-40-43-46-49-52-60-53-55(62-57(59)51-48-45-42-39-36-33-30-27-24-21-18-15-12-9-6-3)54-61-56(58)50-47-44-41-38-35-32-29-26-23-20-17-14-11-8-5-2/h7-12,16-21,25-30,55H,4-6,13-15,22-24,31-54H2,1-3H3/b10-7-,11-8-,12-9-,19-16-,20-17-,21-18-,28-25-,29-26-,30-27-. The summed E-state index contributed by atoms with van der Waals surface area (Å²) in [6, 6.07) is 0. The summed E-state index contributed by atoms with van der Waals surface area (Å²) >= 11 is 0. The summed E-state index contributed by atoms with van der Waals surface area (Å²) < 4.78 is 17.4. The van der Waals surface area contributed by atoms with Crippen LogP contribution in [0.1, 0.15) is 213 Å². The van der Waals surface area contributed by atoms with Gasteiger partial charge in [-0.25, -0.2) is 0 Å². The van der Waals surface area contributed by atoms with Crippen molar-refractivity contribution in [3.05, 3.63) is 109 Å². The lowest BCUT2D eigenvalue weighted by atomic mass is 10.1. The highest BCUT2D eigenvalue weighted by Crippen LogP contribution is 2.13. The number of esters is 2.